The number of carbonyl (C=O) groups is 1. The Morgan fingerprint density at radius 1 is 1.53 bits per heavy atom. The van der Waals surface area contributed by atoms with Crippen molar-refractivity contribution in [2.45, 2.75) is 13.8 Å². The Labute approximate surface area is 89.0 Å². The molecule has 1 rings (SSSR count). The molecule has 0 radical (unpaired) electrons. The molecule has 0 atom stereocenters. The average Bonchev–Trinajstić information content (AvgIpc) is 2.17. The molecule has 4 nitrogen and oxygen atoms in total. The Bertz CT molecular complexity index is 386. The molecule has 0 aliphatic heterocycles. The third-order valence-electron chi connectivity index (χ3n) is 1.75. The summed E-state index contributed by atoms with van der Waals surface area (Å²) in [6.45, 7) is 3.69. The Hall–Kier alpha value is -1.84. The second-order valence-electron chi connectivity index (χ2n) is 3.14. The Kier molecular flexibility index (Phi) is 3.85. The molecule has 15 heavy (non-hydrogen) atoms. The van der Waals surface area contributed by atoms with Gasteiger partial charge < -0.3 is 10.1 Å². The molecule has 1 aromatic rings. The lowest BCUT2D eigenvalue weighted by Crippen LogP contribution is -2.03. The van der Waals surface area contributed by atoms with Crippen molar-refractivity contribution in [1.82, 2.24) is 4.98 Å². The van der Waals surface area contributed by atoms with Crippen LogP contribution >= 0.6 is 0 Å². The van der Waals surface area contributed by atoms with E-state index in [1.165, 1.54) is 13.2 Å². The second-order valence-corrected chi connectivity index (χ2v) is 3.14. The summed E-state index contributed by atoms with van der Waals surface area (Å²) in [6.07, 6.45) is 1.38. The van der Waals surface area contributed by atoms with Crippen molar-refractivity contribution in [3.8, 4) is 0 Å². The number of anilines is 1. The third kappa shape index (κ3) is 3.81. The van der Waals surface area contributed by atoms with Crippen LogP contribution in [-0.2, 0) is 9.53 Å². The maximum atomic E-state index is 10.9. The first-order valence-corrected chi connectivity index (χ1v) is 4.59. The predicted molar refractivity (Wildman–Crippen MR) is 58.4 cm³/mol. The standard InChI is InChI=1S/C11H14N2O2/c1-8-5-4-6-10(12-8)13-9(2)7-11(14)15-3/h4-7H,1-3H3,(H,12,13)/b9-7+. The van der Waals surface area contributed by atoms with Crippen LogP contribution in [0.4, 0.5) is 5.82 Å². The average molecular weight is 206 g/mol. The molecule has 0 saturated carbocycles. The van der Waals surface area contributed by atoms with Crippen LogP contribution in [0.1, 0.15) is 12.6 Å². The summed E-state index contributed by atoms with van der Waals surface area (Å²) in [5, 5.41) is 3.00. The van der Waals surface area contributed by atoms with E-state index < -0.39 is 0 Å². The van der Waals surface area contributed by atoms with Crippen LogP contribution in [0, 0.1) is 6.92 Å². The molecule has 1 N–H and O–H groups in total. The van der Waals surface area contributed by atoms with Crippen molar-refractivity contribution in [1.29, 1.82) is 0 Å². The molecule has 0 saturated heterocycles. The van der Waals surface area contributed by atoms with E-state index in [2.05, 4.69) is 15.0 Å². The monoisotopic (exact) mass is 206 g/mol. The first-order valence-electron chi connectivity index (χ1n) is 4.59. The molecular weight excluding hydrogens is 192 g/mol. The Morgan fingerprint density at radius 2 is 2.27 bits per heavy atom. The van der Waals surface area contributed by atoms with E-state index in [0.29, 0.717) is 11.5 Å². The molecule has 0 amide bonds. The minimum atomic E-state index is -0.382. The van der Waals surface area contributed by atoms with Gasteiger partial charge in [0.25, 0.3) is 0 Å². The number of hydrogen-bond donors (Lipinski definition) is 1. The van der Waals surface area contributed by atoms with Crippen molar-refractivity contribution in [2.24, 2.45) is 0 Å². The zero-order valence-electron chi connectivity index (χ0n) is 9.07. The molecular formula is C11H14N2O2. The summed E-state index contributed by atoms with van der Waals surface area (Å²) in [7, 11) is 1.34. The van der Waals surface area contributed by atoms with E-state index >= 15 is 0 Å². The molecule has 0 aliphatic rings. The number of pyridine rings is 1. The van der Waals surface area contributed by atoms with Crippen LogP contribution in [0.2, 0.25) is 0 Å². The summed E-state index contributed by atoms with van der Waals surface area (Å²) in [5.74, 6) is 0.334. The normalized spacial score (nSPS) is 11.0. The number of ether oxygens (including phenoxy) is 1. The maximum Gasteiger partial charge on any atom is 0.332 e. The topological polar surface area (TPSA) is 51.2 Å². The van der Waals surface area contributed by atoms with Crippen molar-refractivity contribution >= 4 is 11.8 Å². The molecule has 0 unspecified atom stereocenters. The molecule has 80 valence electrons. The summed E-state index contributed by atoms with van der Waals surface area (Å²) < 4.78 is 4.51. The lowest BCUT2D eigenvalue weighted by Gasteiger charge is -2.05. The zero-order valence-corrected chi connectivity index (χ0v) is 9.07. The first-order chi connectivity index (χ1) is 7.11. The highest BCUT2D eigenvalue weighted by molar-refractivity contribution is 5.83. The van der Waals surface area contributed by atoms with Gasteiger partial charge in [-0.15, -0.1) is 0 Å². The van der Waals surface area contributed by atoms with Crippen LogP contribution in [0.3, 0.4) is 0 Å². The molecule has 0 bridgehead atoms. The van der Waals surface area contributed by atoms with Gasteiger partial charge in [-0.05, 0) is 26.0 Å². The third-order valence-corrected chi connectivity index (χ3v) is 1.75. The fraction of sp³-hybridized carbons (Fsp3) is 0.273. The minimum absolute atomic E-state index is 0.382. The lowest BCUT2D eigenvalue weighted by atomic mass is 10.3. The number of aryl methyl sites for hydroxylation is 1. The Balaban J connectivity index is 2.70. The van der Waals surface area contributed by atoms with Gasteiger partial charge in [0.05, 0.1) is 7.11 Å². The molecule has 4 heteroatoms. The molecule has 0 aromatic carbocycles. The summed E-state index contributed by atoms with van der Waals surface area (Å²) in [4.78, 5) is 15.2. The van der Waals surface area contributed by atoms with E-state index in [1.807, 2.05) is 25.1 Å². The van der Waals surface area contributed by atoms with Gasteiger partial charge in [-0.2, -0.15) is 0 Å². The first kappa shape index (κ1) is 11.2. The van der Waals surface area contributed by atoms with Gasteiger partial charge in [0, 0.05) is 17.5 Å². The van der Waals surface area contributed by atoms with Crippen molar-refractivity contribution in [2.75, 3.05) is 12.4 Å². The number of rotatable bonds is 3. The number of nitrogens with one attached hydrogen (secondary N) is 1. The molecule has 1 heterocycles. The predicted octanol–water partition coefficient (Wildman–Crippen LogP) is 1.88. The Morgan fingerprint density at radius 3 is 2.87 bits per heavy atom. The van der Waals surface area contributed by atoms with Crippen molar-refractivity contribution < 1.29 is 9.53 Å². The van der Waals surface area contributed by atoms with Gasteiger partial charge in [-0.3, -0.25) is 0 Å². The maximum absolute atomic E-state index is 10.9. The van der Waals surface area contributed by atoms with Crippen LogP contribution in [0.25, 0.3) is 0 Å². The second kappa shape index (κ2) is 5.14. The van der Waals surface area contributed by atoms with E-state index in [0.717, 1.165) is 5.69 Å². The fourth-order valence-corrected chi connectivity index (χ4v) is 1.09. The number of nitrogens with zero attached hydrogens (tertiary/aromatic N) is 1. The number of carbonyl (C=O) groups excluding carboxylic acids is 1. The van der Waals surface area contributed by atoms with Crippen LogP contribution in [0.5, 0.6) is 0 Å². The quantitative estimate of drug-likeness (QED) is 0.606. The summed E-state index contributed by atoms with van der Waals surface area (Å²) >= 11 is 0. The molecule has 1 aromatic heterocycles. The van der Waals surface area contributed by atoms with Gasteiger partial charge in [0.2, 0.25) is 0 Å². The highest BCUT2D eigenvalue weighted by Gasteiger charge is 1.98. The highest BCUT2D eigenvalue weighted by atomic mass is 16.5. The van der Waals surface area contributed by atoms with E-state index in [4.69, 9.17) is 0 Å². The van der Waals surface area contributed by atoms with Gasteiger partial charge in [0.1, 0.15) is 5.82 Å². The molecule has 0 aliphatic carbocycles. The minimum Gasteiger partial charge on any atom is -0.466 e. The highest BCUT2D eigenvalue weighted by Crippen LogP contribution is 2.07. The van der Waals surface area contributed by atoms with E-state index in [9.17, 15) is 4.79 Å². The number of aromatic nitrogens is 1. The van der Waals surface area contributed by atoms with Gasteiger partial charge in [0.15, 0.2) is 0 Å². The zero-order chi connectivity index (χ0) is 11.3. The summed E-state index contributed by atoms with van der Waals surface area (Å²) in [5.41, 5.74) is 1.62. The van der Waals surface area contributed by atoms with Crippen molar-refractivity contribution in [3.05, 3.63) is 35.7 Å². The smallest absolute Gasteiger partial charge is 0.332 e. The van der Waals surface area contributed by atoms with Crippen LogP contribution in [0.15, 0.2) is 30.0 Å². The van der Waals surface area contributed by atoms with Crippen LogP contribution < -0.4 is 5.32 Å². The van der Waals surface area contributed by atoms with Crippen LogP contribution in [-0.4, -0.2) is 18.1 Å². The van der Waals surface area contributed by atoms with Gasteiger partial charge >= 0.3 is 5.97 Å². The largest absolute Gasteiger partial charge is 0.466 e. The van der Waals surface area contributed by atoms with E-state index in [-0.39, 0.29) is 5.97 Å². The van der Waals surface area contributed by atoms with Gasteiger partial charge in [-0.25, -0.2) is 9.78 Å². The van der Waals surface area contributed by atoms with Crippen molar-refractivity contribution in [3.63, 3.8) is 0 Å². The lowest BCUT2D eigenvalue weighted by molar-refractivity contribution is -0.134. The molecule has 0 spiro atoms. The van der Waals surface area contributed by atoms with Gasteiger partial charge in [-0.1, -0.05) is 6.07 Å². The van der Waals surface area contributed by atoms with E-state index in [1.54, 1.807) is 6.92 Å². The SMILES string of the molecule is COC(=O)/C=C(\C)Nc1cccc(C)n1. The number of methoxy groups -OCH3 is 1. The number of allylic oxidation sites excluding steroid dienone is 1. The number of esters is 1. The number of hydrogen-bond acceptors (Lipinski definition) is 4. The fourth-order valence-electron chi connectivity index (χ4n) is 1.09. The summed E-state index contributed by atoms with van der Waals surface area (Å²) in [6, 6.07) is 5.64. The molecule has 0 fully saturated rings.